The van der Waals surface area contributed by atoms with E-state index in [1.54, 1.807) is 28.9 Å². The molecule has 0 aliphatic carbocycles. The molecular weight excluding hydrogens is 418 g/mol. The van der Waals surface area contributed by atoms with Crippen LogP contribution in [0.2, 0.25) is 0 Å². The topological polar surface area (TPSA) is 74.1 Å². The lowest BCUT2D eigenvalue weighted by atomic mass is 10.00. The molecule has 3 heterocycles. The number of hydrogen-bond donors (Lipinski definition) is 0. The minimum atomic E-state index is -0.141. The molecule has 0 spiro atoms. The van der Waals surface area contributed by atoms with Crippen LogP contribution < -0.4 is 4.90 Å². The molecule has 0 N–H and O–H groups in total. The van der Waals surface area contributed by atoms with Crippen molar-refractivity contribution in [1.29, 1.82) is 0 Å². The van der Waals surface area contributed by atoms with Gasteiger partial charge in [0, 0.05) is 50.9 Å². The number of amides is 3. The summed E-state index contributed by atoms with van der Waals surface area (Å²) < 4.78 is 5.19. The van der Waals surface area contributed by atoms with Gasteiger partial charge in [-0.25, -0.2) is 0 Å². The van der Waals surface area contributed by atoms with Crippen LogP contribution in [0, 0.1) is 0 Å². The Morgan fingerprint density at radius 2 is 1.45 bits per heavy atom. The molecule has 0 saturated carbocycles. The average Bonchev–Trinajstić information content (AvgIpc) is 3.53. The molecule has 7 heteroatoms. The van der Waals surface area contributed by atoms with Crippen molar-refractivity contribution in [3.05, 3.63) is 77.7 Å². The van der Waals surface area contributed by atoms with Crippen LogP contribution in [0.25, 0.3) is 11.1 Å². The zero-order valence-electron chi connectivity index (χ0n) is 18.5. The lowest BCUT2D eigenvalue weighted by Gasteiger charge is -2.34. The Morgan fingerprint density at radius 3 is 2.09 bits per heavy atom. The average molecular weight is 444 g/mol. The van der Waals surface area contributed by atoms with Crippen molar-refractivity contribution in [2.45, 2.75) is 13.3 Å². The summed E-state index contributed by atoms with van der Waals surface area (Å²) in [6.45, 7) is 4.26. The SMILES string of the molecule is CC(=O)N1CCc2cc(-c3ccc(C(=O)N4CCN(C(=O)c5ccco5)CC4)cc3)ccc21. The highest BCUT2D eigenvalue weighted by atomic mass is 16.3. The minimum absolute atomic E-state index is 0.0299. The molecular formula is C26H25N3O4. The van der Waals surface area contributed by atoms with Crippen molar-refractivity contribution in [3.8, 4) is 11.1 Å². The number of nitrogens with zero attached hydrogens (tertiary/aromatic N) is 3. The van der Waals surface area contributed by atoms with Gasteiger partial charge in [0.15, 0.2) is 5.76 Å². The summed E-state index contributed by atoms with van der Waals surface area (Å²) in [7, 11) is 0. The van der Waals surface area contributed by atoms with Crippen LogP contribution in [0.1, 0.15) is 33.4 Å². The van der Waals surface area contributed by atoms with E-state index in [0.29, 0.717) is 37.5 Å². The van der Waals surface area contributed by atoms with Gasteiger partial charge in [-0.1, -0.05) is 18.2 Å². The van der Waals surface area contributed by atoms with E-state index in [0.717, 1.165) is 29.8 Å². The number of benzene rings is 2. The van der Waals surface area contributed by atoms with E-state index >= 15 is 0 Å². The third-order valence-corrected chi connectivity index (χ3v) is 6.41. The molecule has 1 fully saturated rings. The summed E-state index contributed by atoms with van der Waals surface area (Å²) in [6.07, 6.45) is 2.34. The van der Waals surface area contributed by atoms with Crippen molar-refractivity contribution in [2.24, 2.45) is 0 Å². The number of hydrogen-bond acceptors (Lipinski definition) is 4. The zero-order chi connectivity index (χ0) is 22.9. The Hall–Kier alpha value is -3.87. The fourth-order valence-corrected chi connectivity index (χ4v) is 4.56. The van der Waals surface area contributed by atoms with Crippen LogP contribution in [0.3, 0.4) is 0 Å². The highest BCUT2D eigenvalue weighted by molar-refractivity contribution is 5.96. The van der Waals surface area contributed by atoms with Gasteiger partial charge in [-0.2, -0.15) is 0 Å². The molecule has 2 aliphatic heterocycles. The van der Waals surface area contributed by atoms with Gasteiger partial charge >= 0.3 is 0 Å². The van der Waals surface area contributed by atoms with E-state index in [2.05, 4.69) is 6.07 Å². The van der Waals surface area contributed by atoms with Crippen LogP contribution in [-0.4, -0.2) is 60.2 Å². The van der Waals surface area contributed by atoms with Crippen molar-refractivity contribution in [3.63, 3.8) is 0 Å². The number of rotatable bonds is 3. The maximum absolute atomic E-state index is 13.0. The molecule has 0 radical (unpaired) electrons. The number of furan rings is 1. The van der Waals surface area contributed by atoms with Crippen molar-refractivity contribution < 1.29 is 18.8 Å². The standard InChI is InChI=1S/C26H25N3O4/c1-18(30)29-11-10-22-17-21(8-9-23(22)29)19-4-6-20(7-5-19)25(31)27-12-14-28(15-13-27)26(32)24-3-2-16-33-24/h2-9,16-17H,10-15H2,1H3. The monoisotopic (exact) mass is 443 g/mol. The van der Waals surface area contributed by atoms with Gasteiger partial charge in [-0.15, -0.1) is 0 Å². The number of carbonyl (C=O) groups excluding carboxylic acids is 3. The first-order valence-electron chi connectivity index (χ1n) is 11.1. The molecule has 0 bridgehead atoms. The van der Waals surface area contributed by atoms with E-state index < -0.39 is 0 Å². The van der Waals surface area contributed by atoms with E-state index in [9.17, 15) is 14.4 Å². The maximum atomic E-state index is 13.0. The van der Waals surface area contributed by atoms with Crippen LogP contribution in [-0.2, 0) is 11.2 Å². The first kappa shape index (κ1) is 21.0. The summed E-state index contributed by atoms with van der Waals surface area (Å²) >= 11 is 0. The summed E-state index contributed by atoms with van der Waals surface area (Å²) in [4.78, 5) is 42.5. The van der Waals surface area contributed by atoms with Crippen LogP contribution in [0.5, 0.6) is 0 Å². The molecule has 5 rings (SSSR count). The second-order valence-electron chi connectivity index (χ2n) is 8.40. The number of fused-ring (bicyclic) bond motifs is 1. The van der Waals surface area contributed by atoms with Gasteiger partial charge in [0.05, 0.1) is 6.26 Å². The van der Waals surface area contributed by atoms with Gasteiger partial charge < -0.3 is 19.1 Å². The molecule has 168 valence electrons. The lowest BCUT2D eigenvalue weighted by Crippen LogP contribution is -2.50. The normalized spacial score (nSPS) is 15.5. The Bertz CT molecular complexity index is 1190. The zero-order valence-corrected chi connectivity index (χ0v) is 18.5. The van der Waals surface area contributed by atoms with Gasteiger partial charge in [0.25, 0.3) is 11.8 Å². The van der Waals surface area contributed by atoms with E-state index in [4.69, 9.17) is 4.42 Å². The predicted octanol–water partition coefficient (Wildman–Crippen LogP) is 3.45. The van der Waals surface area contributed by atoms with Crippen molar-refractivity contribution in [1.82, 2.24) is 9.80 Å². The molecule has 1 aromatic heterocycles. The van der Waals surface area contributed by atoms with Crippen molar-refractivity contribution >= 4 is 23.4 Å². The quantitative estimate of drug-likeness (QED) is 0.622. The van der Waals surface area contributed by atoms with Crippen LogP contribution >= 0.6 is 0 Å². The van der Waals surface area contributed by atoms with Gasteiger partial charge in [0.2, 0.25) is 5.91 Å². The van der Waals surface area contributed by atoms with Crippen LogP contribution in [0.15, 0.2) is 65.3 Å². The first-order chi connectivity index (χ1) is 16.0. The molecule has 0 unspecified atom stereocenters. The smallest absolute Gasteiger partial charge is 0.289 e. The van der Waals surface area contributed by atoms with Gasteiger partial charge in [0.1, 0.15) is 0 Å². The van der Waals surface area contributed by atoms with Gasteiger partial charge in [-0.05, 0) is 59.5 Å². The molecule has 2 aromatic carbocycles. The Kier molecular flexibility index (Phi) is 5.46. The lowest BCUT2D eigenvalue weighted by molar-refractivity contribution is -0.116. The van der Waals surface area contributed by atoms with E-state index in [1.165, 1.54) is 11.8 Å². The Morgan fingerprint density at radius 1 is 0.788 bits per heavy atom. The molecule has 3 amide bonds. The first-order valence-corrected chi connectivity index (χ1v) is 11.1. The fourth-order valence-electron chi connectivity index (χ4n) is 4.56. The van der Waals surface area contributed by atoms with E-state index in [-0.39, 0.29) is 17.7 Å². The fraction of sp³-hybridized carbons (Fsp3) is 0.269. The maximum Gasteiger partial charge on any atom is 0.289 e. The summed E-state index contributed by atoms with van der Waals surface area (Å²) in [5.41, 5.74) is 4.90. The van der Waals surface area contributed by atoms with E-state index in [1.807, 2.05) is 41.3 Å². The third-order valence-electron chi connectivity index (χ3n) is 6.41. The third kappa shape index (κ3) is 4.02. The summed E-state index contributed by atoms with van der Waals surface area (Å²) in [5, 5.41) is 0. The van der Waals surface area contributed by atoms with Crippen LogP contribution in [0.4, 0.5) is 5.69 Å². The highest BCUT2D eigenvalue weighted by Crippen LogP contribution is 2.32. The second kappa shape index (κ2) is 8.58. The molecule has 2 aliphatic rings. The molecule has 33 heavy (non-hydrogen) atoms. The molecule has 0 atom stereocenters. The number of anilines is 1. The Balaban J connectivity index is 1.23. The molecule has 1 saturated heterocycles. The van der Waals surface area contributed by atoms with Crippen molar-refractivity contribution in [2.75, 3.05) is 37.6 Å². The Labute approximate surface area is 192 Å². The minimum Gasteiger partial charge on any atom is -0.459 e. The largest absolute Gasteiger partial charge is 0.459 e. The molecule has 7 nitrogen and oxygen atoms in total. The molecule has 3 aromatic rings. The highest BCUT2D eigenvalue weighted by Gasteiger charge is 2.27. The van der Waals surface area contributed by atoms with Gasteiger partial charge in [-0.3, -0.25) is 14.4 Å². The summed E-state index contributed by atoms with van der Waals surface area (Å²) in [6, 6.07) is 17.1. The number of carbonyl (C=O) groups is 3. The predicted molar refractivity (Wildman–Crippen MR) is 124 cm³/mol. The second-order valence-corrected chi connectivity index (χ2v) is 8.40. The summed E-state index contributed by atoms with van der Waals surface area (Å²) in [5.74, 6) is 0.219. The number of piperazine rings is 1.